The standard InChI is InChI=1S/C52H45N3/c1-33-12-3-4-15-39(33)32-54-48(38-25-28-41-34(2)13-11-16-37(41)30-38)31-47(53)36-22-26-40(27-23-36)55-49-21-10-9-20-46(49)51-50-42-17-6-5-14-35(42)24-29-44(50)43-18-7-8-19-45(43)52(51)55/h3-8,10-11,14-19,21-23,25-28,30-31,33-34,48,54H,12-13,24,29,32,53H2,1-2H3/p+1/b47-31-. The van der Waals surface area contributed by atoms with Gasteiger partial charge in [-0.3, -0.25) is 0 Å². The fourth-order valence-corrected chi connectivity index (χ4v) is 9.46. The summed E-state index contributed by atoms with van der Waals surface area (Å²) in [5.74, 6) is 1.08. The van der Waals surface area contributed by atoms with Gasteiger partial charge in [-0.25, -0.2) is 0 Å². The number of benzene rings is 5. The first-order chi connectivity index (χ1) is 27.0. The zero-order chi connectivity index (χ0) is 37.0. The highest BCUT2D eigenvalue weighted by Crippen LogP contribution is 2.47. The van der Waals surface area contributed by atoms with Gasteiger partial charge in [-0.05, 0) is 130 Å². The van der Waals surface area contributed by atoms with Gasteiger partial charge in [0.05, 0.1) is 22.5 Å². The zero-order valence-corrected chi connectivity index (χ0v) is 31.7. The van der Waals surface area contributed by atoms with Gasteiger partial charge in [-0.2, -0.15) is 0 Å². The number of quaternary nitrogens is 1. The van der Waals surface area contributed by atoms with Crippen LogP contribution in [0.2, 0.25) is 0 Å². The molecule has 0 saturated carbocycles. The number of hydrogen-bond donors (Lipinski definition) is 2. The molecule has 55 heavy (non-hydrogen) atoms. The van der Waals surface area contributed by atoms with E-state index in [1.807, 2.05) is 6.07 Å². The zero-order valence-electron chi connectivity index (χ0n) is 31.7. The molecule has 1 heterocycles. The van der Waals surface area contributed by atoms with E-state index in [1.54, 1.807) is 0 Å². The summed E-state index contributed by atoms with van der Waals surface area (Å²) in [5, 5.41) is 8.94. The Hall–Kier alpha value is -5.92. The van der Waals surface area contributed by atoms with E-state index < -0.39 is 0 Å². The lowest BCUT2D eigenvalue weighted by atomic mass is 9.80. The van der Waals surface area contributed by atoms with Crippen molar-refractivity contribution in [1.82, 2.24) is 9.88 Å². The number of rotatable bonds is 7. The second-order valence-electron chi connectivity index (χ2n) is 15.8. The second-order valence-corrected chi connectivity index (χ2v) is 15.8. The Morgan fingerprint density at radius 2 is 1.71 bits per heavy atom. The van der Waals surface area contributed by atoms with E-state index in [9.17, 15) is 0 Å². The van der Waals surface area contributed by atoms with Crippen molar-refractivity contribution in [3.05, 3.63) is 185 Å². The molecule has 3 atom stereocenters. The normalized spacial score (nSPS) is 18.2. The first kappa shape index (κ1) is 33.6. The topological polar surface area (TPSA) is 44.6 Å². The number of nitrogens with one attached hydrogen (secondary N) is 1. The summed E-state index contributed by atoms with van der Waals surface area (Å²) >= 11 is 0. The third-order valence-electron chi connectivity index (χ3n) is 12.5. The van der Waals surface area contributed by atoms with Gasteiger partial charge in [-0.15, -0.1) is 0 Å². The Balaban J connectivity index is 1.08. The summed E-state index contributed by atoms with van der Waals surface area (Å²) in [6.45, 7) is 5.49. The number of fused-ring (bicyclic) bond motifs is 11. The summed E-state index contributed by atoms with van der Waals surface area (Å²) in [6.07, 6.45) is 18.0. The molecule has 3 aliphatic rings. The minimum Gasteiger partial charge on any atom is -0.325 e. The summed E-state index contributed by atoms with van der Waals surface area (Å²) in [6, 6.07) is 45.1. The second kappa shape index (κ2) is 13.7. The summed E-state index contributed by atoms with van der Waals surface area (Å²) in [5.41, 5.74) is 21.3. The van der Waals surface area contributed by atoms with Gasteiger partial charge < -0.3 is 15.6 Å². The molecule has 0 fully saturated rings. The Morgan fingerprint density at radius 1 is 0.891 bits per heavy atom. The lowest BCUT2D eigenvalue weighted by Crippen LogP contribution is -2.46. The Kier molecular flexibility index (Phi) is 8.40. The van der Waals surface area contributed by atoms with Crippen LogP contribution in [0.4, 0.5) is 0 Å². The van der Waals surface area contributed by atoms with Crippen LogP contribution in [0.3, 0.4) is 0 Å². The summed E-state index contributed by atoms with van der Waals surface area (Å²) in [4.78, 5) is 0. The molecule has 0 spiro atoms. The van der Waals surface area contributed by atoms with Crippen molar-refractivity contribution in [1.29, 1.82) is 0 Å². The van der Waals surface area contributed by atoms with Gasteiger partial charge in [0.15, 0.2) is 0 Å². The predicted molar refractivity (Wildman–Crippen MR) is 230 cm³/mol. The molecule has 4 N–H and O–H groups in total. The van der Waals surface area contributed by atoms with E-state index in [0.717, 1.165) is 60.1 Å². The number of nitrogens with zero attached hydrogens (tertiary/aromatic N) is 1. The molecule has 0 amide bonds. The first-order valence-electron chi connectivity index (χ1n) is 20.0. The fourth-order valence-electron chi connectivity index (χ4n) is 9.46. The molecule has 7 aromatic rings. The van der Waals surface area contributed by atoms with Crippen molar-refractivity contribution in [2.24, 2.45) is 5.92 Å². The molecule has 3 nitrogen and oxygen atoms in total. The van der Waals surface area contributed by atoms with Crippen LogP contribution < -0.4 is 11.1 Å². The molecule has 10 rings (SSSR count). The van der Waals surface area contributed by atoms with Gasteiger partial charge in [0, 0.05) is 28.6 Å². The van der Waals surface area contributed by atoms with Crippen LogP contribution in [-0.4, -0.2) is 11.1 Å². The molecule has 3 unspecified atom stereocenters. The van der Waals surface area contributed by atoms with Crippen LogP contribution in [0.25, 0.3) is 61.2 Å². The van der Waals surface area contributed by atoms with Crippen molar-refractivity contribution in [3.8, 4) is 16.8 Å². The fraction of sp³-hybridized carbons (Fsp3) is 0.192. The molecule has 6 aromatic carbocycles. The number of aromatic nitrogens is 1. The predicted octanol–water partition coefficient (Wildman–Crippen LogP) is 11.3. The average Bonchev–Trinajstić information content (AvgIpc) is 3.58. The average molecular weight is 713 g/mol. The van der Waals surface area contributed by atoms with Gasteiger partial charge in [0.2, 0.25) is 0 Å². The molecule has 0 radical (unpaired) electrons. The molecule has 0 saturated heterocycles. The molecule has 0 bridgehead atoms. The molecular formula is C52H46N3+. The highest BCUT2D eigenvalue weighted by Gasteiger charge is 2.27. The minimum atomic E-state index is 0.0201. The number of allylic oxidation sites excluding steroid dienone is 4. The van der Waals surface area contributed by atoms with Gasteiger partial charge in [0.25, 0.3) is 0 Å². The maximum atomic E-state index is 4.65. The van der Waals surface area contributed by atoms with E-state index in [2.05, 4.69) is 175 Å². The largest absolute Gasteiger partial charge is 0.325 e. The third-order valence-corrected chi connectivity index (χ3v) is 12.5. The summed E-state index contributed by atoms with van der Waals surface area (Å²) < 4.78 is 2.45. The van der Waals surface area contributed by atoms with Crippen LogP contribution >= 0.6 is 0 Å². The van der Waals surface area contributed by atoms with Crippen molar-refractivity contribution in [2.75, 3.05) is 6.54 Å². The molecule has 1 aromatic heterocycles. The maximum Gasteiger partial charge on any atom is 0.133 e. The minimum absolute atomic E-state index is 0.0201. The van der Waals surface area contributed by atoms with E-state index >= 15 is 0 Å². The monoisotopic (exact) mass is 712 g/mol. The summed E-state index contributed by atoms with van der Waals surface area (Å²) in [7, 11) is 0. The number of hydrogen-bond acceptors (Lipinski definition) is 1. The van der Waals surface area contributed by atoms with Crippen molar-refractivity contribution in [3.63, 3.8) is 0 Å². The van der Waals surface area contributed by atoms with E-state index in [1.165, 1.54) is 66.2 Å². The highest BCUT2D eigenvalue weighted by molar-refractivity contribution is 6.25. The van der Waals surface area contributed by atoms with E-state index in [-0.39, 0.29) is 6.04 Å². The first-order valence-corrected chi connectivity index (χ1v) is 20.0. The molecular weight excluding hydrogens is 667 g/mol. The Morgan fingerprint density at radius 3 is 2.58 bits per heavy atom. The highest BCUT2D eigenvalue weighted by atomic mass is 15.0. The van der Waals surface area contributed by atoms with Gasteiger partial charge in [0.1, 0.15) is 5.70 Å². The van der Waals surface area contributed by atoms with E-state index in [0.29, 0.717) is 11.8 Å². The SMILES string of the molecule is CC1CC=CC=C1CNC(/C=C(\[NH3+])c1ccc(-n2c3ccc#cc3c3c4c(c5ccccc5c32)CCc2ccccc2-4)cc1)c1ccc2c(c1)C=CCC2C. The van der Waals surface area contributed by atoms with Crippen molar-refractivity contribution >= 4 is 44.4 Å². The lowest BCUT2D eigenvalue weighted by molar-refractivity contribution is -0.244. The smallest absolute Gasteiger partial charge is 0.133 e. The Labute approximate surface area is 324 Å². The van der Waals surface area contributed by atoms with Crippen LogP contribution in [0, 0.1) is 18.1 Å². The quantitative estimate of drug-likeness (QED) is 0.170. The van der Waals surface area contributed by atoms with Gasteiger partial charge >= 0.3 is 0 Å². The lowest BCUT2D eigenvalue weighted by Gasteiger charge is -2.24. The van der Waals surface area contributed by atoms with E-state index in [4.69, 9.17) is 0 Å². The molecule has 3 aliphatic carbocycles. The molecule has 0 aliphatic heterocycles. The van der Waals surface area contributed by atoms with Crippen molar-refractivity contribution in [2.45, 2.75) is 51.5 Å². The van der Waals surface area contributed by atoms with Crippen LogP contribution in [0.15, 0.2) is 139 Å². The maximum absolute atomic E-state index is 4.65. The van der Waals surface area contributed by atoms with Crippen LogP contribution in [-0.2, 0) is 12.8 Å². The van der Waals surface area contributed by atoms with Crippen LogP contribution in [0.1, 0.15) is 72.0 Å². The molecule has 268 valence electrons. The van der Waals surface area contributed by atoms with Gasteiger partial charge in [-0.1, -0.05) is 123 Å². The van der Waals surface area contributed by atoms with Crippen LogP contribution in [0.5, 0.6) is 0 Å². The van der Waals surface area contributed by atoms with Crippen molar-refractivity contribution < 1.29 is 5.73 Å². The third kappa shape index (κ3) is 5.76. The Bertz CT molecular complexity index is 2750. The molecule has 3 heteroatoms. The number of aryl methyl sites for hydroxylation is 2.